The molecule has 0 bridgehead atoms. The summed E-state index contributed by atoms with van der Waals surface area (Å²) in [5.41, 5.74) is -1.96. The Hall–Kier alpha value is -2.27. The minimum absolute atomic E-state index is 0.359. The Morgan fingerprint density at radius 1 is 1.10 bits per heavy atom. The van der Waals surface area contributed by atoms with Crippen molar-refractivity contribution in [3.63, 3.8) is 0 Å². The zero-order valence-corrected chi connectivity index (χ0v) is 16.2. The Bertz CT molecular complexity index is 948. The number of alkyl halides is 6. The van der Waals surface area contributed by atoms with E-state index in [0.717, 1.165) is 19.1 Å². The number of pyridine rings is 1. The summed E-state index contributed by atoms with van der Waals surface area (Å²) < 4.78 is 98.0. The molecule has 0 saturated carbocycles. The molecule has 2 aromatic rings. The molecule has 1 aromatic heterocycles. The van der Waals surface area contributed by atoms with Crippen LogP contribution in [0, 0.1) is 5.82 Å². The number of benzene rings is 1. The van der Waals surface area contributed by atoms with Gasteiger partial charge in [-0.05, 0) is 25.1 Å². The lowest BCUT2D eigenvalue weighted by molar-refractivity contribution is -0.190. The summed E-state index contributed by atoms with van der Waals surface area (Å²) >= 11 is 11.6. The van der Waals surface area contributed by atoms with Crippen molar-refractivity contribution in [1.82, 2.24) is 4.98 Å². The lowest BCUT2D eigenvalue weighted by Crippen LogP contribution is -2.30. The van der Waals surface area contributed by atoms with E-state index in [-0.39, 0.29) is 16.5 Å². The molecule has 0 aliphatic carbocycles. The van der Waals surface area contributed by atoms with Gasteiger partial charge in [-0.1, -0.05) is 23.2 Å². The third-order valence-corrected chi connectivity index (χ3v) is 4.04. The number of carbonyl (C=O) groups excluding carboxylic acids is 1. The highest BCUT2D eigenvalue weighted by atomic mass is 35.5. The molecule has 0 saturated heterocycles. The number of rotatable bonds is 5. The fourth-order valence-corrected chi connectivity index (χ4v) is 2.56. The standard InChI is InChI=1S/C17H10Cl2F7NO3/c1-7(15(28)29-6-16(21,22)23)30-13-3-9(12(20)4-10(13)18)14-11(19)2-8(5-27-14)17(24,25)26/h2-5,7H,6H2,1H3. The van der Waals surface area contributed by atoms with Crippen molar-refractivity contribution >= 4 is 29.2 Å². The van der Waals surface area contributed by atoms with Gasteiger partial charge in [0, 0.05) is 11.8 Å². The third-order valence-electron chi connectivity index (χ3n) is 3.46. The van der Waals surface area contributed by atoms with Crippen molar-refractivity contribution in [2.45, 2.75) is 25.4 Å². The number of aromatic nitrogens is 1. The van der Waals surface area contributed by atoms with E-state index in [1.165, 1.54) is 0 Å². The van der Waals surface area contributed by atoms with E-state index in [0.29, 0.717) is 12.3 Å². The topological polar surface area (TPSA) is 48.4 Å². The van der Waals surface area contributed by atoms with Gasteiger partial charge in [-0.2, -0.15) is 26.3 Å². The highest BCUT2D eigenvalue weighted by molar-refractivity contribution is 6.33. The first-order valence-corrected chi connectivity index (χ1v) is 8.57. The third kappa shape index (κ3) is 6.11. The number of esters is 1. The van der Waals surface area contributed by atoms with Gasteiger partial charge >= 0.3 is 18.3 Å². The Morgan fingerprint density at radius 3 is 2.27 bits per heavy atom. The molecule has 0 radical (unpaired) electrons. The Balaban J connectivity index is 2.31. The van der Waals surface area contributed by atoms with E-state index in [1.54, 1.807) is 0 Å². The minimum Gasteiger partial charge on any atom is -0.477 e. The van der Waals surface area contributed by atoms with E-state index in [4.69, 9.17) is 27.9 Å². The van der Waals surface area contributed by atoms with Gasteiger partial charge < -0.3 is 9.47 Å². The van der Waals surface area contributed by atoms with E-state index in [9.17, 15) is 35.5 Å². The van der Waals surface area contributed by atoms with Crippen LogP contribution in [0.4, 0.5) is 30.7 Å². The largest absolute Gasteiger partial charge is 0.477 e. The van der Waals surface area contributed by atoms with E-state index in [1.807, 2.05) is 0 Å². The monoisotopic (exact) mass is 479 g/mol. The van der Waals surface area contributed by atoms with Crippen molar-refractivity contribution in [2.75, 3.05) is 6.61 Å². The zero-order chi connectivity index (χ0) is 22.9. The maximum atomic E-state index is 14.3. The molecule has 1 aromatic carbocycles. The molecule has 164 valence electrons. The molecule has 0 fully saturated rings. The van der Waals surface area contributed by atoms with Crippen LogP contribution in [0.15, 0.2) is 24.4 Å². The number of hydrogen-bond acceptors (Lipinski definition) is 4. The molecule has 13 heteroatoms. The van der Waals surface area contributed by atoms with Crippen molar-refractivity contribution in [3.8, 4) is 17.0 Å². The first-order chi connectivity index (χ1) is 13.7. The van der Waals surface area contributed by atoms with Gasteiger partial charge in [-0.15, -0.1) is 0 Å². The molecule has 1 atom stereocenters. The molecule has 0 spiro atoms. The maximum Gasteiger partial charge on any atom is 0.422 e. The normalized spacial score (nSPS) is 13.1. The highest BCUT2D eigenvalue weighted by Crippen LogP contribution is 2.38. The van der Waals surface area contributed by atoms with Gasteiger partial charge in [0.15, 0.2) is 12.7 Å². The lowest BCUT2D eigenvalue weighted by atomic mass is 10.1. The van der Waals surface area contributed by atoms with Crippen LogP contribution in [-0.4, -0.2) is 29.8 Å². The predicted molar refractivity (Wildman–Crippen MR) is 91.8 cm³/mol. The van der Waals surface area contributed by atoms with Crippen molar-refractivity contribution in [2.24, 2.45) is 0 Å². The molecule has 0 amide bonds. The minimum atomic E-state index is -4.75. The Kier molecular flexibility index (Phi) is 7.08. The van der Waals surface area contributed by atoms with Crippen molar-refractivity contribution in [1.29, 1.82) is 0 Å². The predicted octanol–water partition coefficient (Wildman–Crippen LogP) is 6.09. The second kappa shape index (κ2) is 8.84. The van der Waals surface area contributed by atoms with Crippen LogP contribution in [0.2, 0.25) is 10.0 Å². The molecule has 0 N–H and O–H groups in total. The van der Waals surface area contributed by atoms with Gasteiger partial charge in [0.05, 0.1) is 21.3 Å². The molecule has 1 heterocycles. The smallest absolute Gasteiger partial charge is 0.422 e. The molecule has 4 nitrogen and oxygen atoms in total. The fraction of sp³-hybridized carbons (Fsp3) is 0.294. The molecule has 0 aliphatic rings. The van der Waals surface area contributed by atoms with Gasteiger partial charge in [-0.25, -0.2) is 9.18 Å². The average molecular weight is 480 g/mol. The van der Waals surface area contributed by atoms with Gasteiger partial charge in [0.2, 0.25) is 0 Å². The molecule has 1 unspecified atom stereocenters. The molecule has 0 aliphatic heterocycles. The van der Waals surface area contributed by atoms with Crippen molar-refractivity contribution in [3.05, 3.63) is 45.8 Å². The van der Waals surface area contributed by atoms with Gasteiger partial charge in [-0.3, -0.25) is 4.98 Å². The van der Waals surface area contributed by atoms with Gasteiger partial charge in [0.1, 0.15) is 11.6 Å². The first kappa shape index (κ1) is 24.0. The summed E-state index contributed by atoms with van der Waals surface area (Å²) in [5.74, 6) is -2.75. The van der Waals surface area contributed by atoms with Crippen LogP contribution in [0.3, 0.4) is 0 Å². The summed E-state index contributed by atoms with van der Waals surface area (Å²) in [6.45, 7) is -0.783. The summed E-state index contributed by atoms with van der Waals surface area (Å²) in [4.78, 5) is 15.1. The number of carbonyl (C=O) groups is 1. The van der Waals surface area contributed by atoms with Crippen molar-refractivity contribution < 1.29 is 45.0 Å². The van der Waals surface area contributed by atoms with Crippen LogP contribution in [0.5, 0.6) is 5.75 Å². The summed E-state index contributed by atoms with van der Waals surface area (Å²) in [6.07, 6.45) is -10.6. The Morgan fingerprint density at radius 2 is 1.73 bits per heavy atom. The average Bonchev–Trinajstić information content (AvgIpc) is 2.60. The van der Waals surface area contributed by atoms with Crippen LogP contribution >= 0.6 is 23.2 Å². The number of hydrogen-bond donors (Lipinski definition) is 0. The van der Waals surface area contributed by atoms with E-state index in [2.05, 4.69) is 9.72 Å². The van der Waals surface area contributed by atoms with Crippen LogP contribution in [-0.2, 0) is 15.7 Å². The van der Waals surface area contributed by atoms with E-state index < -0.39 is 53.0 Å². The van der Waals surface area contributed by atoms with Gasteiger partial charge in [0.25, 0.3) is 0 Å². The molecule has 30 heavy (non-hydrogen) atoms. The molecular formula is C17H10Cl2F7NO3. The van der Waals surface area contributed by atoms with E-state index >= 15 is 0 Å². The molecular weight excluding hydrogens is 470 g/mol. The van der Waals surface area contributed by atoms with Crippen LogP contribution in [0.1, 0.15) is 12.5 Å². The second-order valence-electron chi connectivity index (χ2n) is 5.80. The number of nitrogens with zero attached hydrogens (tertiary/aromatic N) is 1. The maximum absolute atomic E-state index is 14.3. The van der Waals surface area contributed by atoms with Crippen LogP contribution < -0.4 is 4.74 Å². The summed E-state index contributed by atoms with van der Waals surface area (Å²) in [7, 11) is 0. The highest BCUT2D eigenvalue weighted by Gasteiger charge is 2.33. The zero-order valence-electron chi connectivity index (χ0n) is 14.7. The quantitative estimate of drug-likeness (QED) is 0.384. The molecule has 2 rings (SSSR count). The van der Waals surface area contributed by atoms with Crippen LogP contribution in [0.25, 0.3) is 11.3 Å². The summed E-state index contributed by atoms with van der Waals surface area (Å²) in [5, 5.41) is -0.899. The Labute approximate surface area is 174 Å². The lowest BCUT2D eigenvalue weighted by Gasteiger charge is -2.17. The fourth-order valence-electron chi connectivity index (χ4n) is 2.10. The first-order valence-electron chi connectivity index (χ1n) is 7.81. The number of halogens is 9. The summed E-state index contributed by atoms with van der Waals surface area (Å²) in [6, 6.07) is 2.15. The second-order valence-corrected chi connectivity index (χ2v) is 6.61. The number of ether oxygens (including phenoxy) is 2. The SMILES string of the molecule is CC(Oc1cc(-c2ncc(C(F)(F)F)cc2Cl)c(F)cc1Cl)C(=O)OCC(F)(F)F.